The summed E-state index contributed by atoms with van der Waals surface area (Å²) in [5, 5.41) is 0.800. The first-order valence-corrected chi connectivity index (χ1v) is 12.2. The quantitative estimate of drug-likeness (QED) is 0.616. The van der Waals surface area contributed by atoms with Gasteiger partial charge in [-0.2, -0.15) is 4.31 Å². The molecule has 2 fully saturated rings. The van der Waals surface area contributed by atoms with Crippen molar-refractivity contribution in [3.05, 3.63) is 60.7 Å². The van der Waals surface area contributed by atoms with Crippen LogP contribution in [0.1, 0.15) is 18.6 Å². The molecular weight excluding hydrogens is 422 g/mol. The van der Waals surface area contributed by atoms with Crippen molar-refractivity contribution in [3.8, 4) is 0 Å². The maximum Gasteiger partial charge on any atom is 0.245 e. The maximum atomic E-state index is 13.4. The van der Waals surface area contributed by atoms with Gasteiger partial charge in [0.1, 0.15) is 10.7 Å². The number of hydrogen-bond acceptors (Lipinski definition) is 6. The van der Waals surface area contributed by atoms with Gasteiger partial charge in [0, 0.05) is 24.7 Å². The van der Waals surface area contributed by atoms with Gasteiger partial charge in [-0.05, 0) is 37.1 Å². The van der Waals surface area contributed by atoms with Crippen molar-refractivity contribution < 1.29 is 17.6 Å². The van der Waals surface area contributed by atoms with Crippen molar-refractivity contribution >= 4 is 38.6 Å². The molecule has 0 aliphatic carbocycles. The molecule has 1 aromatic carbocycles. The molecule has 2 aliphatic rings. The predicted octanol–water partition coefficient (Wildman–Crippen LogP) is 3.08. The minimum Gasteiger partial charge on any atom is -0.467 e. The van der Waals surface area contributed by atoms with E-state index in [1.54, 1.807) is 42.4 Å². The van der Waals surface area contributed by atoms with Crippen molar-refractivity contribution in [2.24, 2.45) is 0 Å². The Balaban J connectivity index is 1.39. The molecule has 0 bridgehead atoms. The number of piperidine rings is 1. The number of fused-ring (bicyclic) bond motifs is 1. The van der Waals surface area contributed by atoms with E-state index in [0.717, 1.165) is 11.1 Å². The normalized spacial score (nSPS) is 19.7. The first kappa shape index (κ1) is 19.6. The number of para-hydroxylation sites is 1. The summed E-state index contributed by atoms with van der Waals surface area (Å²) in [6, 6.07) is 12.6. The first-order chi connectivity index (χ1) is 14.5. The van der Waals surface area contributed by atoms with Gasteiger partial charge in [-0.1, -0.05) is 18.2 Å². The number of aromatic nitrogens is 1. The lowest BCUT2D eigenvalue weighted by Crippen LogP contribution is -2.52. The molecule has 0 radical (unpaired) electrons. The molecule has 0 unspecified atom stereocenters. The zero-order valence-electron chi connectivity index (χ0n) is 16.2. The summed E-state index contributed by atoms with van der Waals surface area (Å²) in [6.07, 6.45) is 4.38. The number of nitrogens with zero attached hydrogens (tertiary/aromatic N) is 3. The zero-order chi connectivity index (χ0) is 20.8. The summed E-state index contributed by atoms with van der Waals surface area (Å²) in [5.41, 5.74) is 0.491. The SMILES string of the molecule is O=C1CSC2(CCN(S(=O)(=O)c3cccc4cccnc34)CC2)N1Cc1ccco1. The van der Waals surface area contributed by atoms with Gasteiger partial charge in [0.25, 0.3) is 0 Å². The molecule has 2 aliphatic heterocycles. The van der Waals surface area contributed by atoms with E-state index in [2.05, 4.69) is 4.98 Å². The third kappa shape index (κ3) is 3.21. The Kier molecular flexibility index (Phi) is 4.83. The third-order valence-corrected chi connectivity index (χ3v) is 9.36. The summed E-state index contributed by atoms with van der Waals surface area (Å²) >= 11 is 1.62. The molecular formula is C21H21N3O4S2. The zero-order valence-corrected chi connectivity index (χ0v) is 17.9. The number of carbonyl (C=O) groups excluding carboxylic acids is 1. The van der Waals surface area contributed by atoms with Gasteiger partial charge in [0.2, 0.25) is 15.9 Å². The topological polar surface area (TPSA) is 83.7 Å². The molecule has 1 amide bonds. The molecule has 1 spiro atoms. The number of pyridine rings is 1. The Morgan fingerprint density at radius 1 is 1.10 bits per heavy atom. The second-order valence-corrected chi connectivity index (χ2v) is 10.8. The van der Waals surface area contributed by atoms with E-state index in [1.165, 1.54) is 4.31 Å². The van der Waals surface area contributed by atoms with Crippen LogP contribution in [0.4, 0.5) is 0 Å². The summed E-state index contributed by atoms with van der Waals surface area (Å²) in [7, 11) is -3.68. The Hall–Kier alpha value is -2.36. The number of hydrogen-bond donors (Lipinski definition) is 0. The third-order valence-electron chi connectivity index (χ3n) is 5.87. The molecule has 30 heavy (non-hydrogen) atoms. The summed E-state index contributed by atoms with van der Waals surface area (Å²) in [6.45, 7) is 1.14. The lowest BCUT2D eigenvalue weighted by Gasteiger charge is -2.43. The van der Waals surface area contributed by atoms with Gasteiger partial charge in [-0.15, -0.1) is 11.8 Å². The van der Waals surface area contributed by atoms with Crippen LogP contribution < -0.4 is 0 Å². The summed E-state index contributed by atoms with van der Waals surface area (Å²) < 4.78 is 33.7. The fourth-order valence-corrected chi connectivity index (χ4v) is 7.23. The van der Waals surface area contributed by atoms with Gasteiger partial charge in [0.15, 0.2) is 0 Å². The van der Waals surface area contributed by atoms with Crippen LogP contribution in [0.5, 0.6) is 0 Å². The molecule has 2 aromatic heterocycles. The van der Waals surface area contributed by atoms with Gasteiger partial charge >= 0.3 is 0 Å². The van der Waals surface area contributed by atoms with Crippen molar-refractivity contribution in [2.45, 2.75) is 29.2 Å². The maximum absolute atomic E-state index is 13.4. The van der Waals surface area contributed by atoms with Gasteiger partial charge in [0.05, 0.1) is 28.9 Å². The number of benzene rings is 1. The van der Waals surface area contributed by atoms with E-state index < -0.39 is 10.0 Å². The van der Waals surface area contributed by atoms with Gasteiger partial charge < -0.3 is 9.32 Å². The Morgan fingerprint density at radius 3 is 2.67 bits per heavy atom. The van der Waals surface area contributed by atoms with Crippen LogP contribution in [0.3, 0.4) is 0 Å². The number of thioether (sulfide) groups is 1. The predicted molar refractivity (Wildman–Crippen MR) is 114 cm³/mol. The molecule has 0 atom stereocenters. The van der Waals surface area contributed by atoms with Crippen LogP contribution >= 0.6 is 11.8 Å². The molecule has 4 heterocycles. The highest BCUT2D eigenvalue weighted by Gasteiger charge is 2.49. The second kappa shape index (κ2) is 7.40. The standard InChI is InChI=1S/C21H21N3O4S2/c25-19-15-29-21(24(19)14-17-6-3-13-28-17)8-11-23(12-9-21)30(26,27)18-7-1-4-16-5-2-10-22-20(16)18/h1-7,10,13H,8-9,11-12,14-15H2. The smallest absolute Gasteiger partial charge is 0.245 e. The molecule has 2 saturated heterocycles. The highest BCUT2D eigenvalue weighted by atomic mass is 32.2. The number of furan rings is 1. The molecule has 3 aromatic rings. The number of carbonyl (C=O) groups is 1. The molecule has 0 saturated carbocycles. The van der Waals surface area contributed by atoms with E-state index in [0.29, 0.717) is 43.7 Å². The monoisotopic (exact) mass is 443 g/mol. The van der Waals surface area contributed by atoms with Crippen LogP contribution in [0.2, 0.25) is 0 Å². The minimum atomic E-state index is -3.68. The minimum absolute atomic E-state index is 0.0750. The van der Waals surface area contributed by atoms with Crippen LogP contribution in [0.15, 0.2) is 64.2 Å². The summed E-state index contributed by atoms with van der Waals surface area (Å²) in [5.74, 6) is 1.23. The molecule has 9 heteroatoms. The van der Waals surface area contributed by atoms with Crippen LogP contribution in [0.25, 0.3) is 10.9 Å². The number of amides is 1. The molecule has 5 rings (SSSR count). The van der Waals surface area contributed by atoms with E-state index in [1.807, 2.05) is 29.2 Å². The van der Waals surface area contributed by atoms with Crippen LogP contribution in [-0.4, -0.2) is 52.2 Å². The highest BCUT2D eigenvalue weighted by Crippen LogP contribution is 2.46. The van der Waals surface area contributed by atoms with Crippen LogP contribution in [-0.2, 0) is 21.4 Å². The van der Waals surface area contributed by atoms with Gasteiger partial charge in [-0.3, -0.25) is 9.78 Å². The highest BCUT2D eigenvalue weighted by molar-refractivity contribution is 8.01. The van der Waals surface area contributed by atoms with Crippen LogP contribution in [0, 0.1) is 0 Å². The van der Waals surface area contributed by atoms with Crippen molar-refractivity contribution in [1.82, 2.24) is 14.2 Å². The Morgan fingerprint density at radius 2 is 1.90 bits per heavy atom. The van der Waals surface area contributed by atoms with E-state index >= 15 is 0 Å². The van der Waals surface area contributed by atoms with E-state index in [-0.39, 0.29) is 15.7 Å². The molecule has 156 valence electrons. The fraction of sp³-hybridized carbons (Fsp3) is 0.333. The first-order valence-electron chi connectivity index (χ1n) is 9.80. The average Bonchev–Trinajstić information content (AvgIpc) is 3.38. The Labute approximate surface area is 179 Å². The van der Waals surface area contributed by atoms with E-state index in [4.69, 9.17) is 4.42 Å². The van der Waals surface area contributed by atoms with Crippen molar-refractivity contribution in [1.29, 1.82) is 0 Å². The lowest BCUT2D eigenvalue weighted by atomic mass is 10.0. The lowest BCUT2D eigenvalue weighted by molar-refractivity contribution is -0.132. The van der Waals surface area contributed by atoms with Crippen molar-refractivity contribution in [2.75, 3.05) is 18.8 Å². The van der Waals surface area contributed by atoms with E-state index in [9.17, 15) is 13.2 Å². The largest absolute Gasteiger partial charge is 0.467 e. The van der Waals surface area contributed by atoms with Gasteiger partial charge in [-0.25, -0.2) is 8.42 Å². The Bertz CT molecular complexity index is 1180. The second-order valence-electron chi connectivity index (χ2n) is 7.53. The number of sulfonamides is 1. The molecule has 7 nitrogen and oxygen atoms in total. The molecule has 0 N–H and O–H groups in total. The fourth-order valence-electron chi connectivity index (χ4n) is 4.28. The summed E-state index contributed by atoms with van der Waals surface area (Å²) in [4.78, 5) is 18.6. The average molecular weight is 444 g/mol. The van der Waals surface area contributed by atoms with Crippen molar-refractivity contribution in [3.63, 3.8) is 0 Å². The number of rotatable bonds is 4.